The van der Waals surface area contributed by atoms with Crippen molar-refractivity contribution in [3.8, 4) is 5.75 Å². The van der Waals surface area contributed by atoms with E-state index in [1.54, 1.807) is 13.2 Å². The van der Waals surface area contributed by atoms with Gasteiger partial charge in [0.15, 0.2) is 0 Å². The van der Waals surface area contributed by atoms with Gasteiger partial charge in [-0.15, -0.1) is 0 Å². The van der Waals surface area contributed by atoms with Gasteiger partial charge in [-0.3, -0.25) is 0 Å². The molecule has 0 fully saturated rings. The number of ether oxygens (including phenoxy) is 1. The molecule has 2 heteroatoms. The molecule has 0 aliphatic heterocycles. The largest absolute Gasteiger partial charge is 0.516 e. The van der Waals surface area contributed by atoms with Crippen LogP contribution in [0.1, 0.15) is 12.5 Å². The summed E-state index contributed by atoms with van der Waals surface area (Å²) < 4.78 is 5.08. The van der Waals surface area contributed by atoms with E-state index in [-0.39, 0.29) is 0 Å². The summed E-state index contributed by atoms with van der Waals surface area (Å²) in [5, 5.41) is 8.49. The molecule has 0 radical (unpaired) electrons. The van der Waals surface area contributed by atoms with Crippen LogP contribution in [0.5, 0.6) is 5.75 Å². The van der Waals surface area contributed by atoms with Crippen molar-refractivity contribution in [2.45, 2.75) is 6.92 Å². The van der Waals surface area contributed by atoms with E-state index in [2.05, 4.69) is 0 Å². The first-order chi connectivity index (χ1) is 7.76. The molecule has 0 atom stereocenters. The van der Waals surface area contributed by atoms with Gasteiger partial charge < -0.3 is 9.84 Å². The van der Waals surface area contributed by atoms with Crippen LogP contribution < -0.4 is 4.74 Å². The lowest BCUT2D eigenvalue weighted by Crippen LogP contribution is -1.81. The maximum absolute atomic E-state index is 8.49. The maximum atomic E-state index is 8.49. The molecule has 0 amide bonds. The molecule has 0 unspecified atom stereocenters. The molecule has 16 heavy (non-hydrogen) atoms. The average molecular weight is 216 g/mol. The van der Waals surface area contributed by atoms with Crippen LogP contribution >= 0.6 is 0 Å². The molecule has 0 spiro atoms. The van der Waals surface area contributed by atoms with Crippen molar-refractivity contribution >= 4 is 6.08 Å². The average Bonchev–Trinajstić information content (AvgIpc) is 2.34. The first kappa shape index (κ1) is 12.1. The minimum atomic E-state index is 0.854. The molecule has 0 aliphatic carbocycles. The molecule has 0 saturated carbocycles. The van der Waals surface area contributed by atoms with Crippen LogP contribution in [0.15, 0.2) is 54.3 Å². The molecular weight excluding hydrogens is 200 g/mol. The standard InChI is InChI=1S/C14H16O2/c1-12(4-3-11-15)5-6-13-7-9-14(16-2)10-8-13/h3-11,15H,1-2H3/b6-5-,11-3+,12-4-. The van der Waals surface area contributed by atoms with Crippen molar-refractivity contribution < 1.29 is 9.84 Å². The van der Waals surface area contributed by atoms with E-state index in [0.717, 1.165) is 23.1 Å². The molecule has 2 nitrogen and oxygen atoms in total. The third-order valence-electron chi connectivity index (χ3n) is 2.10. The van der Waals surface area contributed by atoms with Gasteiger partial charge in [-0.25, -0.2) is 0 Å². The highest BCUT2D eigenvalue weighted by Gasteiger charge is 1.89. The lowest BCUT2D eigenvalue weighted by Gasteiger charge is -1.99. The molecule has 1 aromatic rings. The van der Waals surface area contributed by atoms with Gasteiger partial charge in [-0.2, -0.15) is 0 Å². The predicted octanol–water partition coefficient (Wildman–Crippen LogP) is 3.73. The van der Waals surface area contributed by atoms with Gasteiger partial charge in [-0.1, -0.05) is 35.9 Å². The quantitative estimate of drug-likeness (QED) is 0.614. The van der Waals surface area contributed by atoms with Crippen LogP contribution in [0.25, 0.3) is 6.08 Å². The summed E-state index contributed by atoms with van der Waals surface area (Å²) in [4.78, 5) is 0. The van der Waals surface area contributed by atoms with Crippen molar-refractivity contribution in [2.75, 3.05) is 7.11 Å². The second kappa shape index (κ2) is 6.51. The van der Waals surface area contributed by atoms with E-state index >= 15 is 0 Å². The van der Waals surface area contributed by atoms with Gasteiger partial charge in [0, 0.05) is 0 Å². The third kappa shape index (κ3) is 4.05. The number of aliphatic hydroxyl groups excluding tert-OH is 1. The Kier molecular flexibility index (Phi) is 4.93. The summed E-state index contributed by atoms with van der Waals surface area (Å²) in [6.45, 7) is 1.97. The molecule has 0 saturated heterocycles. The number of methoxy groups -OCH3 is 1. The fourth-order valence-corrected chi connectivity index (χ4v) is 1.19. The number of hydrogen-bond donors (Lipinski definition) is 1. The highest BCUT2D eigenvalue weighted by atomic mass is 16.5. The van der Waals surface area contributed by atoms with Crippen LogP contribution in [0, 0.1) is 0 Å². The molecular formula is C14H16O2. The zero-order chi connectivity index (χ0) is 11.8. The zero-order valence-electron chi connectivity index (χ0n) is 9.55. The fourth-order valence-electron chi connectivity index (χ4n) is 1.19. The number of hydrogen-bond acceptors (Lipinski definition) is 2. The smallest absolute Gasteiger partial charge is 0.118 e. The minimum absolute atomic E-state index is 0.854. The Bertz CT molecular complexity index is 397. The second-order valence-corrected chi connectivity index (χ2v) is 3.36. The zero-order valence-corrected chi connectivity index (χ0v) is 9.55. The fraction of sp³-hybridized carbons (Fsp3) is 0.143. The van der Waals surface area contributed by atoms with E-state index < -0.39 is 0 Å². The van der Waals surface area contributed by atoms with Crippen molar-refractivity contribution in [3.63, 3.8) is 0 Å². The first-order valence-electron chi connectivity index (χ1n) is 5.06. The Morgan fingerprint density at radius 1 is 1.25 bits per heavy atom. The minimum Gasteiger partial charge on any atom is -0.516 e. The van der Waals surface area contributed by atoms with Gasteiger partial charge >= 0.3 is 0 Å². The molecule has 0 aromatic heterocycles. The first-order valence-corrected chi connectivity index (χ1v) is 5.06. The lowest BCUT2D eigenvalue weighted by molar-refractivity contribution is 0.415. The Morgan fingerprint density at radius 3 is 2.50 bits per heavy atom. The van der Waals surface area contributed by atoms with Crippen LogP contribution in [0.2, 0.25) is 0 Å². The van der Waals surface area contributed by atoms with E-state index in [1.807, 2.05) is 49.4 Å². The SMILES string of the molecule is COc1ccc(\C=C/C(C)=C\C=C\O)cc1. The molecule has 84 valence electrons. The van der Waals surface area contributed by atoms with Gasteiger partial charge in [0.1, 0.15) is 5.75 Å². The van der Waals surface area contributed by atoms with Crippen LogP contribution in [0.4, 0.5) is 0 Å². The number of allylic oxidation sites excluding steroid dienone is 4. The van der Waals surface area contributed by atoms with Crippen LogP contribution in [-0.4, -0.2) is 12.2 Å². The second-order valence-electron chi connectivity index (χ2n) is 3.36. The predicted molar refractivity (Wildman–Crippen MR) is 67.6 cm³/mol. The number of benzene rings is 1. The topological polar surface area (TPSA) is 29.5 Å². The monoisotopic (exact) mass is 216 g/mol. The molecule has 0 bridgehead atoms. The Labute approximate surface area is 96.2 Å². The normalized spacial score (nSPS) is 12.5. The van der Waals surface area contributed by atoms with E-state index in [1.165, 1.54) is 0 Å². The number of aliphatic hydroxyl groups is 1. The summed E-state index contributed by atoms with van der Waals surface area (Å²) in [6, 6.07) is 7.83. The van der Waals surface area contributed by atoms with Crippen molar-refractivity contribution in [1.29, 1.82) is 0 Å². The van der Waals surface area contributed by atoms with Gasteiger partial charge in [0.25, 0.3) is 0 Å². The molecule has 1 N–H and O–H groups in total. The molecule has 0 aliphatic rings. The number of rotatable bonds is 4. The van der Waals surface area contributed by atoms with E-state index in [4.69, 9.17) is 9.84 Å². The summed E-state index contributed by atoms with van der Waals surface area (Å²) in [6.07, 6.45) is 8.44. The summed E-state index contributed by atoms with van der Waals surface area (Å²) in [7, 11) is 1.65. The van der Waals surface area contributed by atoms with Crippen molar-refractivity contribution in [2.24, 2.45) is 0 Å². The van der Waals surface area contributed by atoms with Gasteiger partial charge in [0.2, 0.25) is 0 Å². The highest BCUT2D eigenvalue weighted by molar-refractivity contribution is 5.53. The molecule has 0 heterocycles. The van der Waals surface area contributed by atoms with E-state index in [9.17, 15) is 0 Å². The molecule has 1 rings (SSSR count). The van der Waals surface area contributed by atoms with Crippen molar-refractivity contribution in [3.05, 3.63) is 59.9 Å². The Morgan fingerprint density at radius 2 is 1.94 bits per heavy atom. The third-order valence-corrected chi connectivity index (χ3v) is 2.10. The Balaban J connectivity index is 2.69. The summed E-state index contributed by atoms with van der Waals surface area (Å²) >= 11 is 0. The molecule has 1 aromatic carbocycles. The highest BCUT2D eigenvalue weighted by Crippen LogP contribution is 2.13. The van der Waals surface area contributed by atoms with Crippen LogP contribution in [0.3, 0.4) is 0 Å². The Hall–Kier alpha value is -1.96. The lowest BCUT2D eigenvalue weighted by atomic mass is 10.1. The van der Waals surface area contributed by atoms with E-state index in [0.29, 0.717) is 0 Å². The van der Waals surface area contributed by atoms with Gasteiger partial charge in [0.05, 0.1) is 13.4 Å². The van der Waals surface area contributed by atoms with Crippen LogP contribution in [-0.2, 0) is 0 Å². The van der Waals surface area contributed by atoms with Crippen molar-refractivity contribution in [1.82, 2.24) is 0 Å². The van der Waals surface area contributed by atoms with Gasteiger partial charge in [-0.05, 0) is 30.7 Å². The summed E-state index contributed by atoms with van der Waals surface area (Å²) in [5.74, 6) is 0.854. The summed E-state index contributed by atoms with van der Waals surface area (Å²) in [5.41, 5.74) is 2.18. The maximum Gasteiger partial charge on any atom is 0.118 e.